The number of aliphatic hydroxyl groups is 2. The Hall–Kier alpha value is -0.900. The molecule has 1 fully saturated rings. The highest BCUT2D eigenvalue weighted by Crippen LogP contribution is 2.35. The lowest BCUT2D eigenvalue weighted by Gasteiger charge is -2.27. The van der Waals surface area contributed by atoms with Crippen molar-refractivity contribution in [2.75, 3.05) is 26.4 Å². The van der Waals surface area contributed by atoms with E-state index in [-0.39, 0.29) is 19.1 Å². The first-order valence-corrected chi connectivity index (χ1v) is 7.25. The summed E-state index contributed by atoms with van der Waals surface area (Å²) in [6.07, 6.45) is 3.59. The molecule has 0 spiro atoms. The first-order valence-electron chi connectivity index (χ1n) is 7.25. The van der Waals surface area contributed by atoms with Crippen molar-refractivity contribution in [3.63, 3.8) is 0 Å². The van der Waals surface area contributed by atoms with Gasteiger partial charge in [-0.25, -0.2) is 0 Å². The van der Waals surface area contributed by atoms with Crippen LogP contribution in [0, 0.1) is 0 Å². The van der Waals surface area contributed by atoms with Gasteiger partial charge in [0.1, 0.15) is 0 Å². The molecule has 19 heavy (non-hydrogen) atoms. The summed E-state index contributed by atoms with van der Waals surface area (Å²) in [5.41, 5.74) is 2.69. The van der Waals surface area contributed by atoms with Crippen LogP contribution in [0.25, 0.3) is 0 Å². The fourth-order valence-corrected chi connectivity index (χ4v) is 3.03. The van der Waals surface area contributed by atoms with Crippen LogP contribution in [0.1, 0.15) is 48.6 Å². The maximum absolute atomic E-state index is 9.22. The Morgan fingerprint density at radius 1 is 1.05 bits per heavy atom. The van der Waals surface area contributed by atoms with Crippen molar-refractivity contribution in [3.05, 3.63) is 35.4 Å². The average Bonchev–Trinajstić information content (AvgIpc) is 2.48. The summed E-state index contributed by atoms with van der Waals surface area (Å²) in [5.74, 6) is 0.818. The third kappa shape index (κ3) is 3.78. The van der Waals surface area contributed by atoms with E-state index in [1.54, 1.807) is 0 Å². The van der Waals surface area contributed by atoms with Crippen molar-refractivity contribution >= 4 is 0 Å². The van der Waals surface area contributed by atoms with E-state index in [0.29, 0.717) is 5.92 Å². The Balaban J connectivity index is 2.22. The van der Waals surface area contributed by atoms with Crippen molar-refractivity contribution in [1.82, 2.24) is 0 Å². The van der Waals surface area contributed by atoms with Crippen molar-refractivity contribution in [1.29, 1.82) is 0 Å². The molecule has 1 aliphatic rings. The summed E-state index contributed by atoms with van der Waals surface area (Å²) >= 11 is 0. The first kappa shape index (κ1) is 14.5. The van der Waals surface area contributed by atoms with Crippen molar-refractivity contribution < 1.29 is 14.9 Å². The van der Waals surface area contributed by atoms with E-state index in [1.807, 2.05) is 0 Å². The summed E-state index contributed by atoms with van der Waals surface area (Å²) in [6, 6.07) is 8.50. The predicted octanol–water partition coefficient (Wildman–Crippen LogP) is 2.43. The van der Waals surface area contributed by atoms with Crippen molar-refractivity contribution in [3.8, 4) is 0 Å². The second kappa shape index (κ2) is 7.63. The van der Waals surface area contributed by atoms with E-state index in [2.05, 4.69) is 24.3 Å². The molecule has 0 unspecified atom stereocenters. The van der Waals surface area contributed by atoms with Gasteiger partial charge in [0.25, 0.3) is 0 Å². The van der Waals surface area contributed by atoms with Gasteiger partial charge in [0.15, 0.2) is 0 Å². The van der Waals surface area contributed by atoms with Crippen LogP contribution in [-0.2, 0) is 4.74 Å². The summed E-state index contributed by atoms with van der Waals surface area (Å²) in [4.78, 5) is 0. The number of hydrogen-bond donors (Lipinski definition) is 2. The summed E-state index contributed by atoms with van der Waals surface area (Å²) in [7, 11) is 0. The van der Waals surface area contributed by atoms with Crippen molar-refractivity contribution in [2.45, 2.75) is 37.5 Å². The molecule has 1 aromatic carbocycles. The Kier molecular flexibility index (Phi) is 5.83. The highest BCUT2D eigenvalue weighted by molar-refractivity contribution is 5.33. The number of ether oxygens (including phenoxy) is 1. The van der Waals surface area contributed by atoms with Crippen LogP contribution in [0.15, 0.2) is 24.3 Å². The Morgan fingerprint density at radius 2 is 1.68 bits per heavy atom. The van der Waals surface area contributed by atoms with Gasteiger partial charge in [0.05, 0.1) is 0 Å². The molecule has 106 valence electrons. The van der Waals surface area contributed by atoms with E-state index < -0.39 is 0 Å². The fourth-order valence-electron chi connectivity index (χ4n) is 3.03. The molecule has 1 saturated heterocycles. The van der Waals surface area contributed by atoms with Crippen LogP contribution in [0.5, 0.6) is 0 Å². The third-order valence-corrected chi connectivity index (χ3v) is 4.05. The van der Waals surface area contributed by atoms with Gasteiger partial charge in [-0.3, -0.25) is 0 Å². The Bertz CT molecular complexity index is 366. The maximum Gasteiger partial charge on any atom is 0.0471 e. The number of benzene rings is 1. The fraction of sp³-hybridized carbons (Fsp3) is 0.625. The topological polar surface area (TPSA) is 49.7 Å². The quantitative estimate of drug-likeness (QED) is 0.829. The maximum atomic E-state index is 9.22. The average molecular weight is 264 g/mol. The molecule has 1 aliphatic heterocycles. The highest BCUT2D eigenvalue weighted by atomic mass is 16.5. The molecule has 0 atom stereocenters. The van der Waals surface area contributed by atoms with Crippen LogP contribution < -0.4 is 0 Å². The molecule has 3 nitrogen and oxygen atoms in total. The molecule has 2 N–H and O–H groups in total. The largest absolute Gasteiger partial charge is 0.396 e. The molecule has 0 bridgehead atoms. The van der Waals surface area contributed by atoms with Gasteiger partial charge in [-0.2, -0.15) is 0 Å². The summed E-state index contributed by atoms with van der Waals surface area (Å²) in [6.45, 7) is 2.02. The van der Waals surface area contributed by atoms with Crippen LogP contribution >= 0.6 is 0 Å². The third-order valence-electron chi connectivity index (χ3n) is 4.05. The molecule has 0 amide bonds. The van der Waals surface area contributed by atoms with Crippen molar-refractivity contribution in [2.24, 2.45) is 0 Å². The molecular formula is C16H24O3. The lowest BCUT2D eigenvalue weighted by Crippen LogP contribution is -2.17. The van der Waals surface area contributed by atoms with Gasteiger partial charge in [0.2, 0.25) is 0 Å². The lowest BCUT2D eigenvalue weighted by atomic mass is 9.82. The van der Waals surface area contributed by atoms with E-state index in [9.17, 15) is 10.2 Å². The zero-order chi connectivity index (χ0) is 13.5. The summed E-state index contributed by atoms with van der Waals surface area (Å²) < 4.78 is 5.44. The molecule has 1 heterocycles. The molecule has 0 aliphatic carbocycles. The smallest absolute Gasteiger partial charge is 0.0471 e. The second-order valence-electron chi connectivity index (χ2n) is 5.24. The van der Waals surface area contributed by atoms with Gasteiger partial charge >= 0.3 is 0 Å². The Labute approximate surface area is 115 Å². The highest BCUT2D eigenvalue weighted by Gasteiger charge is 2.22. The molecule has 1 aromatic rings. The zero-order valence-electron chi connectivity index (χ0n) is 11.4. The molecule has 0 saturated carbocycles. The van der Waals surface area contributed by atoms with Crippen LogP contribution in [0.4, 0.5) is 0 Å². The Morgan fingerprint density at radius 3 is 2.32 bits per heavy atom. The zero-order valence-corrected chi connectivity index (χ0v) is 11.4. The minimum atomic E-state index is 0.173. The van der Waals surface area contributed by atoms with Crippen LogP contribution in [-0.4, -0.2) is 36.6 Å². The predicted molar refractivity (Wildman–Crippen MR) is 75.4 cm³/mol. The standard InChI is InChI=1S/C16H24O3/c17-9-5-13(6-10-18)15-3-1-2-4-16(15)14-7-11-19-12-8-14/h1-4,13-14,17-18H,5-12H2. The van der Waals surface area contributed by atoms with Gasteiger partial charge in [0, 0.05) is 26.4 Å². The first-order chi connectivity index (χ1) is 9.36. The SMILES string of the molecule is OCCC(CCO)c1ccccc1C1CCOCC1. The minimum Gasteiger partial charge on any atom is -0.396 e. The number of rotatable bonds is 6. The lowest BCUT2D eigenvalue weighted by molar-refractivity contribution is 0.0850. The van der Waals surface area contributed by atoms with E-state index in [0.717, 1.165) is 38.9 Å². The number of hydrogen-bond acceptors (Lipinski definition) is 3. The van der Waals surface area contributed by atoms with E-state index in [1.165, 1.54) is 11.1 Å². The van der Waals surface area contributed by atoms with Crippen LogP contribution in [0.3, 0.4) is 0 Å². The normalized spacial score (nSPS) is 17.0. The van der Waals surface area contributed by atoms with Crippen LogP contribution in [0.2, 0.25) is 0 Å². The van der Waals surface area contributed by atoms with E-state index >= 15 is 0 Å². The molecule has 3 heteroatoms. The molecule has 2 rings (SSSR count). The van der Waals surface area contributed by atoms with Gasteiger partial charge in [-0.15, -0.1) is 0 Å². The van der Waals surface area contributed by atoms with E-state index in [4.69, 9.17) is 4.74 Å². The van der Waals surface area contributed by atoms with Gasteiger partial charge in [-0.05, 0) is 48.6 Å². The van der Waals surface area contributed by atoms with Gasteiger partial charge in [-0.1, -0.05) is 24.3 Å². The molecule has 0 radical (unpaired) electrons. The number of aliphatic hydroxyl groups excluding tert-OH is 2. The van der Waals surface area contributed by atoms with Gasteiger partial charge < -0.3 is 14.9 Å². The molecular weight excluding hydrogens is 240 g/mol. The monoisotopic (exact) mass is 264 g/mol. The summed E-state index contributed by atoms with van der Waals surface area (Å²) in [5, 5.41) is 18.4. The minimum absolute atomic E-state index is 0.173. The molecule has 0 aromatic heterocycles. The second-order valence-corrected chi connectivity index (χ2v) is 5.24.